The molecule has 0 spiro atoms. The molecular weight excluding hydrogens is 146 g/mol. The molecule has 12 heavy (non-hydrogen) atoms. The number of aryl methyl sites for hydroxylation is 1. The lowest BCUT2D eigenvalue weighted by molar-refractivity contribution is 1.01. The van der Waals surface area contributed by atoms with Gasteiger partial charge in [0.25, 0.3) is 0 Å². The fourth-order valence-corrected chi connectivity index (χ4v) is 1.60. The van der Waals surface area contributed by atoms with E-state index in [4.69, 9.17) is 0 Å². The molecule has 2 rings (SSSR count). The van der Waals surface area contributed by atoms with Gasteiger partial charge in [0.2, 0.25) is 0 Å². The van der Waals surface area contributed by atoms with Crippen molar-refractivity contribution in [2.45, 2.75) is 26.7 Å². The van der Waals surface area contributed by atoms with Crippen LogP contribution in [0.3, 0.4) is 0 Å². The number of nitrogens with zero attached hydrogens (tertiary/aromatic N) is 1. The summed E-state index contributed by atoms with van der Waals surface area (Å²) in [6, 6.07) is 4.33. The van der Waals surface area contributed by atoms with Crippen molar-refractivity contribution in [1.29, 1.82) is 0 Å². The summed E-state index contributed by atoms with van der Waals surface area (Å²) in [5.74, 6) is 0. The van der Waals surface area contributed by atoms with E-state index in [0.717, 1.165) is 12.8 Å². The molecule has 1 aliphatic rings. The van der Waals surface area contributed by atoms with Crippen molar-refractivity contribution in [2.75, 3.05) is 0 Å². The van der Waals surface area contributed by atoms with Crippen molar-refractivity contribution < 1.29 is 0 Å². The van der Waals surface area contributed by atoms with E-state index in [9.17, 15) is 0 Å². The zero-order valence-corrected chi connectivity index (χ0v) is 7.59. The van der Waals surface area contributed by atoms with Crippen LogP contribution in [0.5, 0.6) is 0 Å². The Bertz CT molecular complexity index is 337. The quantitative estimate of drug-likeness (QED) is 0.613. The summed E-state index contributed by atoms with van der Waals surface area (Å²) < 4.78 is 0. The van der Waals surface area contributed by atoms with E-state index in [2.05, 4.69) is 37.0 Å². The molecule has 1 heterocycles. The van der Waals surface area contributed by atoms with Crippen molar-refractivity contribution in [3.05, 3.63) is 34.7 Å². The Hall–Kier alpha value is -1.11. The van der Waals surface area contributed by atoms with Gasteiger partial charge < -0.3 is 0 Å². The van der Waals surface area contributed by atoms with E-state index in [1.165, 1.54) is 22.5 Å². The van der Waals surface area contributed by atoms with Crippen LogP contribution in [-0.2, 0) is 12.8 Å². The minimum Gasteiger partial charge on any atom is -0.253 e. The number of fused-ring (bicyclic) bond motifs is 1. The van der Waals surface area contributed by atoms with Crippen LogP contribution in [0, 0.1) is 0 Å². The molecule has 0 N–H and O–H groups in total. The highest BCUT2D eigenvalue weighted by atomic mass is 14.7. The molecule has 0 saturated carbocycles. The summed E-state index contributed by atoms with van der Waals surface area (Å²) in [7, 11) is 0. The van der Waals surface area contributed by atoms with E-state index >= 15 is 0 Å². The van der Waals surface area contributed by atoms with Crippen molar-refractivity contribution in [3.63, 3.8) is 0 Å². The minimum absolute atomic E-state index is 1.03. The standard InChI is InChI=1S/C11H13N/c1-3-10-5-4-9-6-8(2)7-11(9)12-10/h4-5,7H,3,6H2,1-2H3. The van der Waals surface area contributed by atoms with Crippen LogP contribution in [0.15, 0.2) is 17.7 Å². The molecule has 0 atom stereocenters. The molecule has 62 valence electrons. The molecule has 1 aliphatic carbocycles. The van der Waals surface area contributed by atoms with Crippen LogP contribution >= 0.6 is 0 Å². The van der Waals surface area contributed by atoms with Crippen LogP contribution in [0.25, 0.3) is 6.08 Å². The van der Waals surface area contributed by atoms with Gasteiger partial charge in [-0.25, -0.2) is 0 Å². The Morgan fingerprint density at radius 3 is 3.00 bits per heavy atom. The Kier molecular flexibility index (Phi) is 1.72. The molecule has 0 saturated heterocycles. The highest BCUT2D eigenvalue weighted by Crippen LogP contribution is 2.22. The van der Waals surface area contributed by atoms with E-state index in [1.807, 2.05) is 0 Å². The largest absolute Gasteiger partial charge is 0.253 e. The van der Waals surface area contributed by atoms with Crippen molar-refractivity contribution in [2.24, 2.45) is 0 Å². The topological polar surface area (TPSA) is 12.9 Å². The van der Waals surface area contributed by atoms with Crippen LogP contribution in [0.4, 0.5) is 0 Å². The Morgan fingerprint density at radius 1 is 1.42 bits per heavy atom. The maximum absolute atomic E-state index is 4.55. The number of allylic oxidation sites excluding steroid dienone is 1. The second-order valence-corrected chi connectivity index (χ2v) is 3.37. The van der Waals surface area contributed by atoms with Crippen LogP contribution in [0.2, 0.25) is 0 Å². The molecule has 1 nitrogen and oxygen atoms in total. The second kappa shape index (κ2) is 2.74. The van der Waals surface area contributed by atoms with E-state index in [1.54, 1.807) is 0 Å². The molecular formula is C11H13N. The van der Waals surface area contributed by atoms with Gasteiger partial charge in [0.1, 0.15) is 0 Å². The summed E-state index contributed by atoms with van der Waals surface area (Å²) in [5, 5.41) is 0. The van der Waals surface area contributed by atoms with Crippen LogP contribution in [0.1, 0.15) is 30.8 Å². The lowest BCUT2D eigenvalue weighted by atomic mass is 10.1. The van der Waals surface area contributed by atoms with Crippen LogP contribution < -0.4 is 0 Å². The number of aromatic nitrogens is 1. The smallest absolute Gasteiger partial charge is 0.0667 e. The SMILES string of the molecule is CCc1ccc2c(n1)C=C(C)C2. The predicted molar refractivity (Wildman–Crippen MR) is 51.0 cm³/mol. The third kappa shape index (κ3) is 1.15. The lowest BCUT2D eigenvalue weighted by Gasteiger charge is -1.99. The lowest BCUT2D eigenvalue weighted by Crippen LogP contribution is -1.91. The van der Waals surface area contributed by atoms with Gasteiger partial charge in [-0.05, 0) is 37.5 Å². The zero-order valence-electron chi connectivity index (χ0n) is 7.59. The Morgan fingerprint density at radius 2 is 2.25 bits per heavy atom. The zero-order chi connectivity index (χ0) is 8.55. The van der Waals surface area contributed by atoms with Gasteiger partial charge in [0.05, 0.1) is 5.69 Å². The summed E-state index contributed by atoms with van der Waals surface area (Å²) >= 11 is 0. The molecule has 0 amide bonds. The molecule has 0 aliphatic heterocycles. The number of pyridine rings is 1. The maximum atomic E-state index is 4.55. The summed E-state index contributed by atoms with van der Waals surface area (Å²) in [6.45, 7) is 4.30. The van der Waals surface area contributed by atoms with Crippen molar-refractivity contribution >= 4 is 6.08 Å². The highest BCUT2D eigenvalue weighted by Gasteiger charge is 2.10. The maximum Gasteiger partial charge on any atom is 0.0667 e. The third-order valence-electron chi connectivity index (χ3n) is 2.28. The molecule has 0 fully saturated rings. The van der Waals surface area contributed by atoms with Crippen molar-refractivity contribution in [3.8, 4) is 0 Å². The molecule has 1 aromatic heterocycles. The average Bonchev–Trinajstić information content (AvgIpc) is 2.43. The fourth-order valence-electron chi connectivity index (χ4n) is 1.60. The predicted octanol–water partition coefficient (Wildman–Crippen LogP) is 2.60. The van der Waals surface area contributed by atoms with Gasteiger partial charge in [0, 0.05) is 5.69 Å². The normalized spacial score (nSPS) is 14.3. The Labute approximate surface area is 73.1 Å². The first kappa shape index (κ1) is 7.53. The first-order chi connectivity index (χ1) is 5.79. The van der Waals surface area contributed by atoms with Gasteiger partial charge in [-0.15, -0.1) is 0 Å². The van der Waals surface area contributed by atoms with Gasteiger partial charge >= 0.3 is 0 Å². The molecule has 1 heteroatoms. The molecule has 0 aromatic carbocycles. The van der Waals surface area contributed by atoms with Crippen molar-refractivity contribution in [1.82, 2.24) is 4.98 Å². The van der Waals surface area contributed by atoms with E-state index in [0.29, 0.717) is 0 Å². The fraction of sp³-hybridized carbons (Fsp3) is 0.364. The summed E-state index contributed by atoms with van der Waals surface area (Å²) in [5.41, 5.74) is 5.18. The van der Waals surface area contributed by atoms with E-state index < -0.39 is 0 Å². The highest BCUT2D eigenvalue weighted by molar-refractivity contribution is 5.59. The summed E-state index contributed by atoms with van der Waals surface area (Å²) in [4.78, 5) is 4.55. The molecule has 1 aromatic rings. The average molecular weight is 159 g/mol. The van der Waals surface area contributed by atoms with Gasteiger partial charge in [-0.3, -0.25) is 4.98 Å². The van der Waals surface area contributed by atoms with E-state index in [-0.39, 0.29) is 0 Å². The number of rotatable bonds is 1. The molecule has 0 unspecified atom stereocenters. The number of hydrogen-bond donors (Lipinski definition) is 0. The second-order valence-electron chi connectivity index (χ2n) is 3.37. The monoisotopic (exact) mass is 159 g/mol. The number of hydrogen-bond acceptors (Lipinski definition) is 1. The van der Waals surface area contributed by atoms with Gasteiger partial charge in [-0.2, -0.15) is 0 Å². The molecule has 0 bridgehead atoms. The summed E-state index contributed by atoms with van der Waals surface area (Å²) in [6.07, 6.45) is 4.31. The van der Waals surface area contributed by atoms with Crippen LogP contribution in [-0.4, -0.2) is 4.98 Å². The third-order valence-corrected chi connectivity index (χ3v) is 2.28. The minimum atomic E-state index is 1.03. The van der Waals surface area contributed by atoms with Gasteiger partial charge in [-0.1, -0.05) is 18.6 Å². The first-order valence-electron chi connectivity index (χ1n) is 4.45. The molecule has 0 radical (unpaired) electrons. The van der Waals surface area contributed by atoms with Gasteiger partial charge in [0.15, 0.2) is 0 Å². The Balaban J connectivity index is 2.45. The first-order valence-corrected chi connectivity index (χ1v) is 4.45.